The molecule has 5 nitrogen and oxygen atoms in total. The highest BCUT2D eigenvalue weighted by Crippen LogP contribution is 2.43. The highest BCUT2D eigenvalue weighted by atomic mass is 32.2. The van der Waals surface area contributed by atoms with Crippen LogP contribution in [0.2, 0.25) is 0 Å². The van der Waals surface area contributed by atoms with E-state index in [4.69, 9.17) is 5.73 Å². The van der Waals surface area contributed by atoms with Crippen molar-refractivity contribution in [1.82, 2.24) is 4.57 Å². The third-order valence-electron chi connectivity index (χ3n) is 6.10. The second kappa shape index (κ2) is 8.17. The molecule has 0 radical (unpaired) electrons. The monoisotopic (exact) mass is 465 g/mol. The van der Waals surface area contributed by atoms with Crippen LogP contribution in [0.15, 0.2) is 24.4 Å². The maximum atomic E-state index is 13.8. The molecule has 2 aliphatic rings. The average Bonchev–Trinajstić information content (AvgIpc) is 3.07. The molecule has 1 aromatic carbocycles. The lowest BCUT2D eigenvalue weighted by atomic mass is 9.75. The van der Waals surface area contributed by atoms with Gasteiger partial charge in [0.05, 0.1) is 16.7 Å². The molecule has 1 aliphatic heterocycles. The molecule has 0 bridgehead atoms. The van der Waals surface area contributed by atoms with E-state index in [-0.39, 0.29) is 18.0 Å². The number of benzene rings is 1. The summed E-state index contributed by atoms with van der Waals surface area (Å²) in [4.78, 5) is 24.7. The molecule has 0 atom stereocenters. The Labute approximate surface area is 188 Å². The molecule has 9 heteroatoms. The Hall–Kier alpha value is -2.42. The van der Waals surface area contributed by atoms with Gasteiger partial charge in [0.25, 0.3) is 5.91 Å². The van der Waals surface area contributed by atoms with Gasteiger partial charge < -0.3 is 15.6 Å². The molecule has 2 heterocycles. The number of hydrogen-bond donors (Lipinski definition) is 2. The first-order valence-electron chi connectivity index (χ1n) is 10.6. The second-order valence-corrected chi connectivity index (χ2v) is 10.5. The summed E-state index contributed by atoms with van der Waals surface area (Å²) in [6.45, 7) is 3.76. The molecule has 1 saturated heterocycles. The number of aromatic nitrogens is 1. The van der Waals surface area contributed by atoms with E-state index in [0.717, 1.165) is 30.5 Å². The van der Waals surface area contributed by atoms with Crippen molar-refractivity contribution in [3.63, 3.8) is 0 Å². The Bertz CT molecular complexity index is 1070. The first kappa shape index (κ1) is 22.8. The lowest BCUT2D eigenvalue weighted by Crippen LogP contribution is -2.29. The summed E-state index contributed by atoms with van der Waals surface area (Å²) >= 11 is 1.87. The van der Waals surface area contributed by atoms with Crippen LogP contribution in [0.5, 0.6) is 0 Å². The Morgan fingerprint density at radius 1 is 1.22 bits per heavy atom. The molecule has 1 amide bonds. The standard InChI is InChI=1S/C23H26F3N3O2S/c1-22(2)10-18-20(19(30)11-22)16(23(24,25)26)12-29(18)14-3-4-15(21(27)31)17(9-14)28-13-5-7-32-8-6-13/h3-4,9,12-13,28H,5-8,10-11H2,1-2H3,(H2,27,31). The van der Waals surface area contributed by atoms with Crippen LogP contribution in [0.4, 0.5) is 18.9 Å². The van der Waals surface area contributed by atoms with Gasteiger partial charge in [-0.2, -0.15) is 24.9 Å². The van der Waals surface area contributed by atoms with Crippen LogP contribution >= 0.6 is 11.8 Å². The molecule has 0 saturated carbocycles. The molecule has 0 unspecified atom stereocenters. The number of alkyl halides is 3. The first-order valence-corrected chi connectivity index (χ1v) is 11.7. The van der Waals surface area contributed by atoms with Crippen molar-refractivity contribution in [1.29, 1.82) is 0 Å². The number of Topliss-reactive ketones (excluding diaryl/α,β-unsaturated/α-hetero) is 1. The highest BCUT2D eigenvalue weighted by Gasteiger charge is 2.43. The quantitative estimate of drug-likeness (QED) is 0.662. The minimum Gasteiger partial charge on any atom is -0.382 e. The lowest BCUT2D eigenvalue weighted by molar-refractivity contribution is -0.137. The number of nitrogens with zero attached hydrogens (tertiary/aromatic N) is 1. The Kier molecular flexibility index (Phi) is 5.81. The number of ketones is 1. The first-order chi connectivity index (χ1) is 15.0. The number of anilines is 1. The highest BCUT2D eigenvalue weighted by molar-refractivity contribution is 7.99. The molecule has 1 aromatic heterocycles. The van der Waals surface area contributed by atoms with Crippen molar-refractivity contribution in [3.05, 3.63) is 46.8 Å². The molecule has 172 valence electrons. The van der Waals surface area contributed by atoms with Crippen molar-refractivity contribution in [2.75, 3.05) is 16.8 Å². The summed E-state index contributed by atoms with van der Waals surface area (Å²) in [6, 6.07) is 4.94. The van der Waals surface area contributed by atoms with Gasteiger partial charge in [-0.25, -0.2) is 0 Å². The molecule has 3 N–H and O–H groups in total. The van der Waals surface area contributed by atoms with Crippen LogP contribution in [0.3, 0.4) is 0 Å². The van der Waals surface area contributed by atoms with Crippen molar-refractivity contribution >= 4 is 29.1 Å². The van der Waals surface area contributed by atoms with E-state index < -0.39 is 28.8 Å². The minimum atomic E-state index is -4.64. The number of fused-ring (bicyclic) bond motifs is 1. The minimum absolute atomic E-state index is 0.0696. The maximum absolute atomic E-state index is 13.8. The van der Waals surface area contributed by atoms with Gasteiger partial charge in [0.1, 0.15) is 0 Å². The van der Waals surface area contributed by atoms with E-state index in [1.165, 1.54) is 10.6 Å². The number of halogens is 3. The normalized spacial score (nSPS) is 19.0. The summed E-state index contributed by atoms with van der Waals surface area (Å²) in [7, 11) is 0. The third-order valence-corrected chi connectivity index (χ3v) is 7.15. The summed E-state index contributed by atoms with van der Waals surface area (Å²) in [5.41, 5.74) is 5.56. The SMILES string of the molecule is CC1(C)CC(=O)c2c(C(F)(F)F)cn(-c3ccc(C(N)=O)c(NC4CCSCC4)c3)c2C1. The zero-order chi connectivity index (χ0) is 23.3. The van der Waals surface area contributed by atoms with Crippen molar-refractivity contribution in [2.45, 2.75) is 51.7 Å². The van der Waals surface area contributed by atoms with Gasteiger partial charge in [-0.05, 0) is 54.4 Å². The molecule has 1 aliphatic carbocycles. The summed E-state index contributed by atoms with van der Waals surface area (Å²) in [5.74, 6) is 0.904. The summed E-state index contributed by atoms with van der Waals surface area (Å²) in [6.07, 6.45) is -1.38. The molecule has 32 heavy (non-hydrogen) atoms. The number of rotatable bonds is 4. The van der Waals surface area contributed by atoms with Crippen LogP contribution in [0.25, 0.3) is 5.69 Å². The van der Waals surface area contributed by atoms with E-state index in [0.29, 0.717) is 29.1 Å². The maximum Gasteiger partial charge on any atom is 0.418 e. The molecule has 4 rings (SSSR count). The van der Waals surface area contributed by atoms with E-state index in [2.05, 4.69) is 5.32 Å². The van der Waals surface area contributed by atoms with Crippen molar-refractivity contribution in [2.24, 2.45) is 11.1 Å². The van der Waals surface area contributed by atoms with E-state index in [1.807, 2.05) is 25.6 Å². The van der Waals surface area contributed by atoms with E-state index in [9.17, 15) is 22.8 Å². The van der Waals surface area contributed by atoms with Crippen molar-refractivity contribution in [3.8, 4) is 5.69 Å². The Morgan fingerprint density at radius 2 is 1.91 bits per heavy atom. The van der Waals surface area contributed by atoms with Crippen LogP contribution in [0, 0.1) is 5.41 Å². The smallest absolute Gasteiger partial charge is 0.382 e. The zero-order valence-corrected chi connectivity index (χ0v) is 18.8. The number of amides is 1. The van der Waals surface area contributed by atoms with Crippen LogP contribution in [-0.4, -0.2) is 33.8 Å². The van der Waals surface area contributed by atoms with Gasteiger partial charge in [-0.15, -0.1) is 0 Å². The molecular formula is C23H26F3N3O2S. The predicted octanol–water partition coefficient (Wildman–Crippen LogP) is 5.06. The number of carbonyl (C=O) groups excluding carboxylic acids is 2. The van der Waals surface area contributed by atoms with E-state index in [1.54, 1.807) is 12.1 Å². The van der Waals surface area contributed by atoms with Gasteiger partial charge in [0.2, 0.25) is 0 Å². The van der Waals surface area contributed by atoms with Gasteiger partial charge >= 0.3 is 6.18 Å². The number of thioether (sulfide) groups is 1. The fourth-order valence-corrected chi connectivity index (χ4v) is 5.70. The number of primary amides is 1. The number of carbonyl (C=O) groups is 2. The molecule has 1 fully saturated rings. The van der Waals surface area contributed by atoms with Gasteiger partial charge in [-0.3, -0.25) is 9.59 Å². The topological polar surface area (TPSA) is 77.1 Å². The van der Waals surface area contributed by atoms with Gasteiger partial charge in [0, 0.05) is 35.7 Å². The van der Waals surface area contributed by atoms with E-state index >= 15 is 0 Å². The number of nitrogens with two attached hydrogens (primary N) is 1. The number of nitrogens with one attached hydrogen (secondary N) is 1. The summed E-state index contributed by atoms with van der Waals surface area (Å²) in [5, 5.41) is 3.37. The van der Waals surface area contributed by atoms with Crippen LogP contribution < -0.4 is 11.1 Å². The predicted molar refractivity (Wildman–Crippen MR) is 120 cm³/mol. The Morgan fingerprint density at radius 3 is 2.53 bits per heavy atom. The lowest BCUT2D eigenvalue weighted by Gasteiger charge is -2.30. The largest absolute Gasteiger partial charge is 0.418 e. The van der Waals surface area contributed by atoms with Gasteiger partial charge in [-0.1, -0.05) is 13.8 Å². The molecule has 0 spiro atoms. The third kappa shape index (κ3) is 4.40. The Balaban J connectivity index is 1.83. The summed E-state index contributed by atoms with van der Waals surface area (Å²) < 4.78 is 42.8. The number of hydrogen-bond acceptors (Lipinski definition) is 4. The fraction of sp³-hybridized carbons (Fsp3) is 0.478. The zero-order valence-electron chi connectivity index (χ0n) is 18.0. The molecular weight excluding hydrogens is 439 g/mol. The van der Waals surface area contributed by atoms with Crippen molar-refractivity contribution < 1.29 is 22.8 Å². The fourth-order valence-electron chi connectivity index (χ4n) is 4.59. The van der Waals surface area contributed by atoms with Crippen LogP contribution in [-0.2, 0) is 12.6 Å². The molecule has 2 aromatic rings. The van der Waals surface area contributed by atoms with Gasteiger partial charge in [0.15, 0.2) is 5.78 Å². The average molecular weight is 466 g/mol. The van der Waals surface area contributed by atoms with Crippen LogP contribution in [0.1, 0.15) is 65.1 Å². The second-order valence-electron chi connectivity index (χ2n) is 9.30.